The molecule has 1 aliphatic rings. The fraction of sp³-hybridized carbons (Fsp3) is 0.929. The lowest BCUT2D eigenvalue weighted by Gasteiger charge is -2.26. The molecule has 1 heterocycles. The van der Waals surface area contributed by atoms with Crippen molar-refractivity contribution in [3.05, 3.63) is 0 Å². The van der Waals surface area contributed by atoms with Gasteiger partial charge in [0.15, 0.2) is 0 Å². The maximum absolute atomic E-state index is 12.2. The summed E-state index contributed by atoms with van der Waals surface area (Å²) in [6, 6.07) is 0. The molecule has 1 saturated heterocycles. The van der Waals surface area contributed by atoms with Crippen LogP contribution in [-0.2, 0) is 4.79 Å². The Bertz CT molecular complexity index is 204. The summed E-state index contributed by atoms with van der Waals surface area (Å²) in [5.41, 5.74) is 0. The van der Waals surface area contributed by atoms with Crippen LogP contribution in [0.4, 0.5) is 0 Å². The Morgan fingerprint density at radius 1 is 1.00 bits per heavy atom. The molecule has 0 spiro atoms. The number of carbonyl (C=O) groups is 1. The first-order valence-electron chi connectivity index (χ1n) is 7.28. The van der Waals surface area contributed by atoms with Gasteiger partial charge in [-0.05, 0) is 38.8 Å². The van der Waals surface area contributed by atoms with Gasteiger partial charge in [0.2, 0.25) is 5.91 Å². The van der Waals surface area contributed by atoms with Crippen LogP contribution in [0.2, 0.25) is 0 Å². The molecular formula is C14H28N2O. The highest BCUT2D eigenvalue weighted by Gasteiger charge is 2.17. The predicted octanol–water partition coefficient (Wildman–Crippen LogP) is 2.51. The second-order valence-electron chi connectivity index (χ2n) is 5.07. The summed E-state index contributed by atoms with van der Waals surface area (Å²) < 4.78 is 0. The summed E-state index contributed by atoms with van der Waals surface area (Å²) in [5, 5.41) is 0. The minimum atomic E-state index is 0.329. The van der Waals surface area contributed by atoms with Gasteiger partial charge in [0.25, 0.3) is 0 Å². The Balaban J connectivity index is 2.38. The van der Waals surface area contributed by atoms with E-state index in [2.05, 4.69) is 18.7 Å². The van der Waals surface area contributed by atoms with Crippen LogP contribution in [0.5, 0.6) is 0 Å². The largest absolute Gasteiger partial charge is 0.342 e. The molecule has 0 N–H and O–H groups in total. The quantitative estimate of drug-likeness (QED) is 0.712. The van der Waals surface area contributed by atoms with E-state index in [1.54, 1.807) is 0 Å². The Labute approximate surface area is 106 Å². The molecule has 0 radical (unpaired) electrons. The molecule has 1 aliphatic heterocycles. The molecular weight excluding hydrogens is 212 g/mol. The van der Waals surface area contributed by atoms with Gasteiger partial charge >= 0.3 is 0 Å². The van der Waals surface area contributed by atoms with Gasteiger partial charge in [0, 0.05) is 13.1 Å². The van der Waals surface area contributed by atoms with Crippen LogP contribution in [0.1, 0.15) is 52.4 Å². The number of nitrogens with zero attached hydrogens (tertiary/aromatic N) is 2. The van der Waals surface area contributed by atoms with Gasteiger partial charge in [-0.3, -0.25) is 9.69 Å². The maximum atomic E-state index is 12.2. The van der Waals surface area contributed by atoms with E-state index in [4.69, 9.17) is 0 Å². The van der Waals surface area contributed by atoms with Crippen LogP contribution in [-0.4, -0.2) is 48.4 Å². The molecule has 1 fully saturated rings. The fourth-order valence-electron chi connectivity index (χ4n) is 2.49. The molecule has 0 unspecified atom stereocenters. The molecule has 0 saturated carbocycles. The van der Waals surface area contributed by atoms with E-state index >= 15 is 0 Å². The van der Waals surface area contributed by atoms with Crippen molar-refractivity contribution in [2.45, 2.75) is 52.4 Å². The van der Waals surface area contributed by atoms with Crippen LogP contribution in [0.15, 0.2) is 0 Å². The van der Waals surface area contributed by atoms with Gasteiger partial charge < -0.3 is 4.90 Å². The summed E-state index contributed by atoms with van der Waals surface area (Å²) in [6.07, 6.45) is 7.30. The monoisotopic (exact) mass is 240 g/mol. The molecule has 1 rings (SSSR count). The van der Waals surface area contributed by atoms with Gasteiger partial charge in [0.1, 0.15) is 0 Å². The normalized spacial score (nSPS) is 17.8. The summed E-state index contributed by atoms with van der Waals surface area (Å²) >= 11 is 0. The third-order valence-corrected chi connectivity index (χ3v) is 3.40. The molecule has 0 atom stereocenters. The van der Waals surface area contributed by atoms with E-state index in [0.717, 1.165) is 39.0 Å². The lowest BCUT2D eigenvalue weighted by Crippen LogP contribution is -2.41. The number of amides is 1. The van der Waals surface area contributed by atoms with E-state index in [0.29, 0.717) is 12.5 Å². The molecule has 100 valence electrons. The number of hydrogen-bond donors (Lipinski definition) is 0. The predicted molar refractivity (Wildman–Crippen MR) is 72.1 cm³/mol. The number of carbonyl (C=O) groups excluding carboxylic acids is 1. The smallest absolute Gasteiger partial charge is 0.236 e. The molecule has 0 bridgehead atoms. The fourth-order valence-corrected chi connectivity index (χ4v) is 2.49. The molecule has 0 aromatic rings. The van der Waals surface area contributed by atoms with Gasteiger partial charge in [0.05, 0.1) is 6.54 Å². The summed E-state index contributed by atoms with van der Waals surface area (Å²) in [4.78, 5) is 16.6. The standard InChI is InChI=1S/C14H28N2O/c1-3-9-16(10-4-2)14(17)13-15-11-7-5-6-8-12-15/h3-13H2,1-2H3. The Kier molecular flexibility index (Phi) is 7.25. The van der Waals surface area contributed by atoms with Crippen molar-refractivity contribution in [2.24, 2.45) is 0 Å². The SMILES string of the molecule is CCCN(CCC)C(=O)CN1CCCCCC1. The van der Waals surface area contributed by atoms with Crippen LogP contribution in [0.25, 0.3) is 0 Å². The van der Waals surface area contributed by atoms with Crippen molar-refractivity contribution in [3.8, 4) is 0 Å². The molecule has 3 heteroatoms. The zero-order chi connectivity index (χ0) is 12.5. The topological polar surface area (TPSA) is 23.6 Å². The number of rotatable bonds is 6. The molecule has 0 aliphatic carbocycles. The van der Waals surface area contributed by atoms with E-state index in [9.17, 15) is 4.79 Å². The van der Waals surface area contributed by atoms with Crippen LogP contribution >= 0.6 is 0 Å². The second kappa shape index (κ2) is 8.51. The van der Waals surface area contributed by atoms with Crippen LogP contribution in [0, 0.1) is 0 Å². The molecule has 0 aromatic carbocycles. The van der Waals surface area contributed by atoms with Crippen LogP contribution < -0.4 is 0 Å². The lowest BCUT2D eigenvalue weighted by atomic mass is 10.2. The zero-order valence-electron chi connectivity index (χ0n) is 11.6. The van der Waals surface area contributed by atoms with Crippen molar-refractivity contribution in [1.29, 1.82) is 0 Å². The van der Waals surface area contributed by atoms with Crippen molar-refractivity contribution < 1.29 is 4.79 Å². The lowest BCUT2D eigenvalue weighted by molar-refractivity contribution is -0.132. The summed E-state index contributed by atoms with van der Waals surface area (Å²) in [6.45, 7) is 8.97. The average Bonchev–Trinajstić information content (AvgIpc) is 2.57. The molecule has 1 amide bonds. The van der Waals surface area contributed by atoms with Gasteiger partial charge in [-0.15, -0.1) is 0 Å². The van der Waals surface area contributed by atoms with Crippen LogP contribution in [0.3, 0.4) is 0 Å². The third-order valence-electron chi connectivity index (χ3n) is 3.40. The zero-order valence-corrected chi connectivity index (χ0v) is 11.6. The number of hydrogen-bond acceptors (Lipinski definition) is 2. The number of likely N-dealkylation sites (tertiary alicyclic amines) is 1. The Morgan fingerprint density at radius 2 is 1.53 bits per heavy atom. The van der Waals surface area contributed by atoms with Gasteiger partial charge in [-0.2, -0.15) is 0 Å². The van der Waals surface area contributed by atoms with Gasteiger partial charge in [-0.1, -0.05) is 26.7 Å². The molecule has 3 nitrogen and oxygen atoms in total. The maximum Gasteiger partial charge on any atom is 0.236 e. The van der Waals surface area contributed by atoms with Gasteiger partial charge in [-0.25, -0.2) is 0 Å². The minimum Gasteiger partial charge on any atom is -0.342 e. The van der Waals surface area contributed by atoms with Crippen molar-refractivity contribution in [2.75, 3.05) is 32.7 Å². The van der Waals surface area contributed by atoms with E-state index in [-0.39, 0.29) is 0 Å². The highest BCUT2D eigenvalue weighted by molar-refractivity contribution is 5.78. The average molecular weight is 240 g/mol. The Morgan fingerprint density at radius 3 is 2.00 bits per heavy atom. The Hall–Kier alpha value is -0.570. The van der Waals surface area contributed by atoms with E-state index < -0.39 is 0 Å². The van der Waals surface area contributed by atoms with Crippen molar-refractivity contribution >= 4 is 5.91 Å². The molecule has 17 heavy (non-hydrogen) atoms. The summed E-state index contributed by atoms with van der Waals surface area (Å²) in [7, 11) is 0. The first-order valence-corrected chi connectivity index (χ1v) is 7.28. The van der Waals surface area contributed by atoms with Crippen molar-refractivity contribution in [3.63, 3.8) is 0 Å². The second-order valence-corrected chi connectivity index (χ2v) is 5.07. The summed E-state index contributed by atoms with van der Waals surface area (Å²) in [5.74, 6) is 0.329. The first kappa shape index (κ1) is 14.5. The minimum absolute atomic E-state index is 0.329. The molecule has 0 aromatic heterocycles. The highest BCUT2D eigenvalue weighted by Crippen LogP contribution is 2.09. The third kappa shape index (κ3) is 5.53. The van der Waals surface area contributed by atoms with E-state index in [1.807, 2.05) is 4.90 Å². The van der Waals surface area contributed by atoms with Crippen molar-refractivity contribution in [1.82, 2.24) is 9.80 Å². The van der Waals surface area contributed by atoms with E-state index in [1.165, 1.54) is 25.7 Å². The highest BCUT2D eigenvalue weighted by atomic mass is 16.2. The first-order chi connectivity index (χ1) is 8.27.